The van der Waals surface area contributed by atoms with E-state index in [0.29, 0.717) is 12.8 Å². The van der Waals surface area contributed by atoms with E-state index in [1.54, 1.807) is 0 Å². The van der Waals surface area contributed by atoms with Gasteiger partial charge in [0.25, 0.3) is 0 Å². The molecule has 0 bridgehead atoms. The molecule has 0 radical (unpaired) electrons. The first-order chi connectivity index (χ1) is 6.93. The summed E-state index contributed by atoms with van der Waals surface area (Å²) in [5.74, 6) is -2.96. The van der Waals surface area contributed by atoms with E-state index in [0.717, 1.165) is 0 Å². The second-order valence-corrected chi connectivity index (χ2v) is 4.14. The van der Waals surface area contributed by atoms with Crippen LogP contribution in [0.4, 0.5) is 8.78 Å². The molecule has 0 unspecified atom stereocenters. The predicted octanol–water partition coefficient (Wildman–Crippen LogP) is 3.26. The first kappa shape index (κ1) is 12.6. The maximum atomic E-state index is 12.7. The van der Waals surface area contributed by atoms with Crippen LogP contribution in [0.2, 0.25) is 0 Å². The van der Waals surface area contributed by atoms with Gasteiger partial charge in [-0.3, -0.25) is 0 Å². The Balaban J connectivity index is 2.49. The van der Waals surface area contributed by atoms with E-state index in [2.05, 4.69) is 24.3 Å². The van der Waals surface area contributed by atoms with Gasteiger partial charge < -0.3 is 0 Å². The summed E-state index contributed by atoms with van der Waals surface area (Å²) in [5.41, 5.74) is -0.411. The number of hydrogen-bond donors (Lipinski definition) is 1. The van der Waals surface area contributed by atoms with Crippen molar-refractivity contribution in [1.29, 1.82) is 0 Å². The molecule has 0 amide bonds. The number of hydrogen-bond acceptors (Lipinski definition) is 3. The summed E-state index contributed by atoms with van der Waals surface area (Å²) >= 11 is 3.85. The Hall–Kier alpha value is -0.506. The van der Waals surface area contributed by atoms with Crippen LogP contribution in [0.3, 0.4) is 0 Å². The fourth-order valence-corrected chi connectivity index (χ4v) is 2.05. The Labute approximate surface area is 94.6 Å². The molecule has 0 aromatic carbocycles. The van der Waals surface area contributed by atoms with Gasteiger partial charge in [0.15, 0.2) is 0 Å². The molecule has 0 heterocycles. The molecule has 0 aromatic heterocycles. The van der Waals surface area contributed by atoms with E-state index in [1.165, 1.54) is 6.08 Å². The van der Waals surface area contributed by atoms with Gasteiger partial charge in [0, 0.05) is 0 Å². The minimum absolute atomic E-state index is 0.131. The van der Waals surface area contributed by atoms with Crippen molar-refractivity contribution in [3.05, 3.63) is 12.0 Å². The quantitative estimate of drug-likeness (QED) is 0.470. The molecule has 0 spiro atoms. The normalized spacial score (nSPS) is 23.1. The fraction of sp³-hybridized carbons (Fsp3) is 0.778. The molecule has 1 fully saturated rings. The van der Waals surface area contributed by atoms with E-state index < -0.39 is 17.3 Å². The fourth-order valence-electron chi connectivity index (χ4n) is 1.95. The zero-order valence-electron chi connectivity index (χ0n) is 8.28. The van der Waals surface area contributed by atoms with E-state index in [-0.39, 0.29) is 12.8 Å². The van der Waals surface area contributed by atoms with Gasteiger partial charge in [-0.25, -0.2) is 0 Å². The predicted molar refractivity (Wildman–Crippen MR) is 45.7 cm³/mol. The standard InChI is InChI=1S/C9H13F2NO2.Ni/c1-2-8(4-3-7(13)14-12)5-9(10,11)6-8;/h3,13H,2,4-6H2,1H3;. The van der Waals surface area contributed by atoms with Crippen molar-refractivity contribution >= 4 is 0 Å². The van der Waals surface area contributed by atoms with E-state index in [9.17, 15) is 8.78 Å². The van der Waals surface area contributed by atoms with Gasteiger partial charge in [0.1, 0.15) is 0 Å². The summed E-state index contributed by atoms with van der Waals surface area (Å²) in [4.78, 5) is 4.29. The zero-order chi connectivity index (χ0) is 11.5. The molecule has 0 atom stereocenters. The Morgan fingerprint density at radius 3 is 2.60 bits per heavy atom. The van der Waals surface area contributed by atoms with Crippen LogP contribution < -0.4 is 0 Å². The van der Waals surface area contributed by atoms with Crippen LogP contribution in [0.5, 0.6) is 0 Å². The number of alkyl halides is 2. The number of halogens is 2. The van der Waals surface area contributed by atoms with Crippen molar-refractivity contribution in [2.24, 2.45) is 9.61 Å². The maximum absolute atomic E-state index is 12.7. The van der Waals surface area contributed by atoms with Crippen molar-refractivity contribution in [2.75, 3.05) is 0 Å². The van der Waals surface area contributed by atoms with Gasteiger partial charge in [-0.1, -0.05) is 0 Å². The van der Waals surface area contributed by atoms with Gasteiger partial charge in [0.2, 0.25) is 0 Å². The molecule has 0 aromatic rings. The van der Waals surface area contributed by atoms with Crippen molar-refractivity contribution in [2.45, 2.75) is 38.5 Å². The molecule has 1 rings (SSSR count). The summed E-state index contributed by atoms with van der Waals surface area (Å²) in [5, 5.41) is 9.06. The molecule has 90 valence electrons. The Kier molecular flexibility index (Phi) is 3.82. The molecular formula is C9H13F2NNiO2. The average molecular weight is 264 g/mol. The monoisotopic (exact) mass is 263 g/mol. The molecule has 1 N–H and O–H groups in total. The van der Waals surface area contributed by atoms with Crippen LogP contribution in [-0.2, 0) is 20.1 Å². The van der Waals surface area contributed by atoms with Crippen LogP contribution in [0.25, 0.3) is 0 Å². The van der Waals surface area contributed by atoms with Gasteiger partial charge in [-0.15, -0.1) is 0 Å². The number of rotatable bonds is 5. The van der Waals surface area contributed by atoms with Crippen LogP contribution in [0, 0.1) is 5.41 Å². The van der Waals surface area contributed by atoms with Crippen LogP contribution in [0.15, 0.2) is 16.2 Å². The number of aliphatic hydroxyl groups is 1. The Morgan fingerprint density at radius 2 is 2.20 bits per heavy atom. The minimum atomic E-state index is -2.55. The number of nitrogens with zero attached hydrogens (tertiary/aromatic N) is 1. The molecule has 15 heavy (non-hydrogen) atoms. The van der Waals surface area contributed by atoms with Crippen molar-refractivity contribution in [3.63, 3.8) is 0 Å². The second-order valence-electron chi connectivity index (χ2n) is 3.96. The van der Waals surface area contributed by atoms with Crippen molar-refractivity contribution in [3.8, 4) is 0 Å². The summed E-state index contributed by atoms with van der Waals surface area (Å²) in [6, 6.07) is 0. The van der Waals surface area contributed by atoms with E-state index >= 15 is 0 Å². The van der Waals surface area contributed by atoms with Crippen molar-refractivity contribution < 1.29 is 34.0 Å². The molecule has 1 aliphatic rings. The summed E-state index contributed by atoms with van der Waals surface area (Å²) in [6.07, 6.45) is 2.10. The van der Waals surface area contributed by atoms with E-state index in [4.69, 9.17) is 5.11 Å². The van der Waals surface area contributed by atoms with Crippen LogP contribution in [-0.4, -0.2) is 11.0 Å². The van der Waals surface area contributed by atoms with Crippen LogP contribution in [0.1, 0.15) is 32.6 Å². The Morgan fingerprint density at radius 1 is 1.60 bits per heavy atom. The van der Waals surface area contributed by atoms with Gasteiger partial charge in [0.05, 0.1) is 0 Å². The number of allylic oxidation sites excluding steroid dienone is 1. The molecule has 6 heteroatoms. The molecule has 1 saturated carbocycles. The SMILES string of the molecule is CCC1(CC=C(O)O[N]=[Ni])CC(F)(F)C1. The molecule has 0 saturated heterocycles. The number of aliphatic hydroxyl groups excluding tert-OH is 1. The summed E-state index contributed by atoms with van der Waals surface area (Å²) in [7, 11) is 0. The molecular weight excluding hydrogens is 251 g/mol. The first-order valence-corrected chi connectivity index (χ1v) is 5.10. The summed E-state index contributed by atoms with van der Waals surface area (Å²) < 4.78 is 28.4. The van der Waals surface area contributed by atoms with Gasteiger partial charge >= 0.3 is 94.2 Å². The van der Waals surface area contributed by atoms with E-state index in [1.807, 2.05) is 6.92 Å². The molecule has 3 nitrogen and oxygen atoms in total. The van der Waals surface area contributed by atoms with Gasteiger partial charge in [-0.05, 0) is 0 Å². The van der Waals surface area contributed by atoms with Gasteiger partial charge in [-0.2, -0.15) is 0 Å². The Bertz CT molecular complexity index is 273. The zero-order valence-corrected chi connectivity index (χ0v) is 9.27. The molecule has 1 aliphatic carbocycles. The van der Waals surface area contributed by atoms with Crippen molar-refractivity contribution in [1.82, 2.24) is 0 Å². The third-order valence-electron chi connectivity index (χ3n) is 2.85. The third-order valence-corrected chi connectivity index (χ3v) is 2.94. The topological polar surface area (TPSA) is 41.8 Å². The third kappa shape index (κ3) is 3.23. The average Bonchev–Trinajstić information content (AvgIpc) is 2.11. The first-order valence-electron chi connectivity index (χ1n) is 4.66. The summed E-state index contributed by atoms with van der Waals surface area (Å²) in [6.45, 7) is 1.86. The molecule has 0 aliphatic heterocycles. The second kappa shape index (κ2) is 4.56. The van der Waals surface area contributed by atoms with Crippen LogP contribution >= 0.6 is 0 Å².